The van der Waals surface area contributed by atoms with Crippen LogP contribution in [0.5, 0.6) is 0 Å². The first kappa shape index (κ1) is 12.3. The van der Waals surface area contributed by atoms with Gasteiger partial charge in [0.15, 0.2) is 4.34 Å². The SMILES string of the molecule is O=[N+]([O-])c1cccc(CSc2nnc(Cl)s2)c1. The molecule has 8 heteroatoms. The van der Waals surface area contributed by atoms with Crippen LogP contribution >= 0.6 is 34.7 Å². The number of hydrogen-bond acceptors (Lipinski definition) is 6. The van der Waals surface area contributed by atoms with Gasteiger partial charge in [-0.3, -0.25) is 10.1 Å². The summed E-state index contributed by atoms with van der Waals surface area (Å²) in [6.45, 7) is 0. The highest BCUT2D eigenvalue weighted by Crippen LogP contribution is 2.28. The first-order valence-corrected chi connectivity index (χ1v) is 6.68. The zero-order valence-electron chi connectivity index (χ0n) is 8.37. The summed E-state index contributed by atoms with van der Waals surface area (Å²) >= 11 is 8.39. The second-order valence-electron chi connectivity index (χ2n) is 3.04. The molecule has 0 N–H and O–H groups in total. The number of non-ortho nitro benzene ring substituents is 1. The van der Waals surface area contributed by atoms with Gasteiger partial charge in [0.1, 0.15) is 0 Å². The number of aromatic nitrogens is 2. The number of nitro groups is 1. The van der Waals surface area contributed by atoms with Crippen molar-refractivity contribution in [2.24, 2.45) is 0 Å². The van der Waals surface area contributed by atoms with E-state index in [0.717, 1.165) is 9.90 Å². The number of hydrogen-bond donors (Lipinski definition) is 0. The highest BCUT2D eigenvalue weighted by molar-refractivity contribution is 8.00. The van der Waals surface area contributed by atoms with Gasteiger partial charge < -0.3 is 0 Å². The lowest BCUT2D eigenvalue weighted by atomic mass is 10.2. The maximum atomic E-state index is 10.6. The van der Waals surface area contributed by atoms with Crippen LogP contribution in [-0.2, 0) is 5.75 Å². The lowest BCUT2D eigenvalue weighted by Gasteiger charge is -1.98. The lowest BCUT2D eigenvalue weighted by molar-refractivity contribution is -0.384. The van der Waals surface area contributed by atoms with Crippen LogP contribution in [0.15, 0.2) is 28.6 Å². The second-order valence-corrected chi connectivity index (χ2v) is 5.82. The van der Waals surface area contributed by atoms with Crippen molar-refractivity contribution in [2.75, 3.05) is 0 Å². The van der Waals surface area contributed by atoms with Crippen molar-refractivity contribution < 1.29 is 4.92 Å². The molecular formula is C9H6ClN3O2S2. The van der Waals surface area contributed by atoms with Crippen LogP contribution in [0.25, 0.3) is 0 Å². The highest BCUT2D eigenvalue weighted by Gasteiger charge is 2.07. The van der Waals surface area contributed by atoms with Gasteiger partial charge in [0.2, 0.25) is 4.47 Å². The largest absolute Gasteiger partial charge is 0.269 e. The highest BCUT2D eigenvalue weighted by atomic mass is 35.5. The van der Waals surface area contributed by atoms with Crippen LogP contribution in [0.3, 0.4) is 0 Å². The Morgan fingerprint density at radius 1 is 1.47 bits per heavy atom. The lowest BCUT2D eigenvalue weighted by Crippen LogP contribution is -1.89. The van der Waals surface area contributed by atoms with Gasteiger partial charge in [0.05, 0.1) is 4.92 Å². The topological polar surface area (TPSA) is 68.9 Å². The minimum absolute atomic E-state index is 0.0957. The fraction of sp³-hybridized carbons (Fsp3) is 0.111. The Kier molecular flexibility index (Phi) is 3.93. The summed E-state index contributed by atoms with van der Waals surface area (Å²) in [5.74, 6) is 0.604. The Hall–Kier alpha value is -1.18. The Labute approximate surface area is 110 Å². The molecule has 0 aliphatic carbocycles. The quantitative estimate of drug-likeness (QED) is 0.490. The Morgan fingerprint density at radius 3 is 2.94 bits per heavy atom. The molecular weight excluding hydrogens is 282 g/mol. The summed E-state index contributed by atoms with van der Waals surface area (Å²) in [5.41, 5.74) is 0.967. The molecule has 0 saturated heterocycles. The smallest absolute Gasteiger partial charge is 0.258 e. The van der Waals surface area contributed by atoms with Crippen LogP contribution in [-0.4, -0.2) is 15.1 Å². The Morgan fingerprint density at radius 2 is 2.29 bits per heavy atom. The van der Waals surface area contributed by atoms with E-state index in [-0.39, 0.29) is 5.69 Å². The van der Waals surface area contributed by atoms with E-state index in [1.807, 2.05) is 6.07 Å². The van der Waals surface area contributed by atoms with E-state index in [2.05, 4.69) is 10.2 Å². The monoisotopic (exact) mass is 287 g/mol. The molecule has 0 atom stereocenters. The Balaban J connectivity index is 2.04. The maximum Gasteiger partial charge on any atom is 0.269 e. The van der Waals surface area contributed by atoms with Gasteiger partial charge in [-0.05, 0) is 17.2 Å². The van der Waals surface area contributed by atoms with Gasteiger partial charge >= 0.3 is 0 Å². The van der Waals surface area contributed by atoms with Crippen molar-refractivity contribution in [1.82, 2.24) is 10.2 Å². The molecule has 0 spiro atoms. The van der Waals surface area contributed by atoms with Crippen molar-refractivity contribution in [1.29, 1.82) is 0 Å². The van der Waals surface area contributed by atoms with Crippen molar-refractivity contribution >= 4 is 40.4 Å². The molecule has 1 heterocycles. The number of thioether (sulfide) groups is 1. The van der Waals surface area contributed by atoms with E-state index >= 15 is 0 Å². The predicted octanol–water partition coefficient (Wildman–Crippen LogP) is 3.39. The zero-order valence-corrected chi connectivity index (χ0v) is 10.8. The van der Waals surface area contributed by atoms with E-state index in [1.165, 1.54) is 29.2 Å². The zero-order chi connectivity index (χ0) is 12.3. The fourth-order valence-corrected chi connectivity index (χ4v) is 3.08. The number of benzene rings is 1. The summed E-state index contributed by atoms with van der Waals surface area (Å²) in [6.07, 6.45) is 0. The number of nitrogens with zero attached hydrogens (tertiary/aromatic N) is 3. The predicted molar refractivity (Wildman–Crippen MR) is 67.6 cm³/mol. The molecule has 0 amide bonds. The van der Waals surface area contributed by atoms with Crippen LogP contribution in [0.2, 0.25) is 4.47 Å². The molecule has 1 aromatic carbocycles. The van der Waals surface area contributed by atoms with E-state index < -0.39 is 4.92 Å². The summed E-state index contributed by atoms with van der Waals surface area (Å²) in [6, 6.07) is 6.52. The van der Waals surface area contributed by atoms with Crippen LogP contribution in [0, 0.1) is 10.1 Å². The van der Waals surface area contributed by atoms with Gasteiger partial charge in [-0.15, -0.1) is 10.2 Å². The molecule has 2 aromatic rings. The number of nitro benzene ring substituents is 1. The summed E-state index contributed by atoms with van der Waals surface area (Å²) in [4.78, 5) is 10.2. The molecule has 0 aliphatic heterocycles. The van der Waals surface area contributed by atoms with Crippen LogP contribution in [0.1, 0.15) is 5.56 Å². The van der Waals surface area contributed by atoms with Crippen LogP contribution in [0.4, 0.5) is 5.69 Å². The molecule has 1 aromatic heterocycles. The van der Waals surface area contributed by atoms with Crippen molar-refractivity contribution in [3.63, 3.8) is 0 Å². The molecule has 88 valence electrons. The molecule has 0 bridgehead atoms. The summed E-state index contributed by atoms with van der Waals surface area (Å²) in [5, 5.41) is 18.1. The van der Waals surface area contributed by atoms with Gasteiger partial charge in [0.25, 0.3) is 5.69 Å². The molecule has 0 radical (unpaired) electrons. The first-order chi connectivity index (χ1) is 8.15. The molecule has 0 fully saturated rings. The van der Waals surface area contributed by atoms with Crippen molar-refractivity contribution in [2.45, 2.75) is 10.1 Å². The third-order valence-corrected chi connectivity index (χ3v) is 4.09. The average Bonchev–Trinajstić information content (AvgIpc) is 2.73. The maximum absolute atomic E-state index is 10.6. The third-order valence-electron chi connectivity index (χ3n) is 1.87. The minimum atomic E-state index is -0.407. The molecule has 17 heavy (non-hydrogen) atoms. The average molecular weight is 288 g/mol. The summed E-state index contributed by atoms with van der Waals surface area (Å²) < 4.78 is 1.15. The molecule has 2 rings (SSSR count). The third kappa shape index (κ3) is 3.39. The number of rotatable bonds is 4. The molecule has 0 unspecified atom stereocenters. The van der Waals surface area contributed by atoms with E-state index in [1.54, 1.807) is 12.1 Å². The molecule has 0 aliphatic rings. The number of halogens is 1. The minimum Gasteiger partial charge on any atom is -0.258 e. The second kappa shape index (κ2) is 5.44. The van der Waals surface area contributed by atoms with Crippen molar-refractivity contribution in [3.8, 4) is 0 Å². The molecule has 5 nitrogen and oxygen atoms in total. The fourth-order valence-electron chi connectivity index (χ4n) is 1.16. The normalized spacial score (nSPS) is 10.4. The standard InChI is InChI=1S/C9H6ClN3O2S2/c10-8-11-12-9(17-8)16-5-6-2-1-3-7(4-6)13(14)15/h1-4H,5H2. The van der Waals surface area contributed by atoms with Gasteiger partial charge in [-0.1, -0.05) is 35.2 Å². The van der Waals surface area contributed by atoms with Gasteiger partial charge in [-0.25, -0.2) is 0 Å². The van der Waals surface area contributed by atoms with E-state index in [9.17, 15) is 10.1 Å². The summed E-state index contributed by atoms with van der Waals surface area (Å²) in [7, 11) is 0. The first-order valence-electron chi connectivity index (χ1n) is 4.50. The van der Waals surface area contributed by atoms with E-state index in [4.69, 9.17) is 11.6 Å². The van der Waals surface area contributed by atoms with Gasteiger partial charge in [-0.2, -0.15) is 0 Å². The van der Waals surface area contributed by atoms with E-state index in [0.29, 0.717) is 10.2 Å². The Bertz CT molecular complexity index is 547. The molecule has 0 saturated carbocycles. The van der Waals surface area contributed by atoms with Crippen LogP contribution < -0.4 is 0 Å². The van der Waals surface area contributed by atoms with Crippen molar-refractivity contribution in [3.05, 3.63) is 44.4 Å². The van der Waals surface area contributed by atoms with Gasteiger partial charge in [0, 0.05) is 17.9 Å².